The summed E-state index contributed by atoms with van der Waals surface area (Å²) in [6.07, 6.45) is 0.110. The summed E-state index contributed by atoms with van der Waals surface area (Å²) >= 11 is 0. The van der Waals surface area contributed by atoms with Crippen LogP contribution in [0.3, 0.4) is 0 Å². The highest BCUT2D eigenvalue weighted by Gasteiger charge is 2.37. The van der Waals surface area contributed by atoms with Crippen molar-refractivity contribution in [2.45, 2.75) is 32.1 Å². The zero-order chi connectivity index (χ0) is 29.4. The van der Waals surface area contributed by atoms with Crippen molar-refractivity contribution in [1.82, 2.24) is 14.5 Å². The molecular formula is C32H27F2N3O5. The van der Waals surface area contributed by atoms with Gasteiger partial charge in [0.2, 0.25) is 5.88 Å². The molecule has 1 fully saturated rings. The predicted molar refractivity (Wildman–Crippen MR) is 150 cm³/mol. The van der Waals surface area contributed by atoms with E-state index in [2.05, 4.69) is 9.97 Å². The third kappa shape index (κ3) is 5.59. The Morgan fingerprint density at radius 2 is 1.79 bits per heavy atom. The first-order valence-electron chi connectivity index (χ1n) is 13.3. The van der Waals surface area contributed by atoms with Gasteiger partial charge < -0.3 is 24.3 Å². The van der Waals surface area contributed by atoms with Crippen LogP contribution in [0.5, 0.6) is 5.88 Å². The Balaban J connectivity index is 1.25. The predicted octanol–water partition coefficient (Wildman–Crippen LogP) is 5.31. The molecule has 0 saturated carbocycles. The number of benzene rings is 3. The number of hydrogen-bond acceptors (Lipinski definition) is 6. The normalized spacial score (nSPS) is 14.1. The van der Waals surface area contributed by atoms with Crippen LogP contribution in [-0.2, 0) is 24.3 Å². The van der Waals surface area contributed by atoms with Crippen molar-refractivity contribution in [3.63, 3.8) is 0 Å². The molecule has 1 aliphatic rings. The molecule has 0 atom stereocenters. The summed E-state index contributed by atoms with van der Waals surface area (Å²) in [5.41, 5.74) is 2.66. The van der Waals surface area contributed by atoms with E-state index in [-0.39, 0.29) is 50.0 Å². The Bertz CT molecular complexity index is 1820. The average molecular weight is 572 g/mol. The third-order valence-corrected chi connectivity index (χ3v) is 7.27. The number of pyridine rings is 1. The van der Waals surface area contributed by atoms with Gasteiger partial charge >= 0.3 is 5.97 Å². The number of carboxylic acid groups (broad SMARTS) is 1. The van der Waals surface area contributed by atoms with Gasteiger partial charge in [-0.25, -0.2) is 23.5 Å². The Hall–Kier alpha value is -4.67. The summed E-state index contributed by atoms with van der Waals surface area (Å²) in [4.78, 5) is 20.7. The van der Waals surface area contributed by atoms with E-state index in [1.54, 1.807) is 47.0 Å². The number of aryl methyl sites for hydroxylation is 1. The molecule has 214 valence electrons. The quantitative estimate of drug-likeness (QED) is 0.247. The first-order chi connectivity index (χ1) is 20.2. The van der Waals surface area contributed by atoms with Crippen molar-refractivity contribution in [2.75, 3.05) is 13.2 Å². The Morgan fingerprint density at radius 1 is 1.00 bits per heavy atom. The van der Waals surface area contributed by atoms with Crippen LogP contribution in [0.1, 0.15) is 32.9 Å². The summed E-state index contributed by atoms with van der Waals surface area (Å²) in [6.45, 7) is 2.23. The van der Waals surface area contributed by atoms with E-state index in [4.69, 9.17) is 9.47 Å². The molecule has 2 aromatic heterocycles. The lowest BCUT2D eigenvalue weighted by Crippen LogP contribution is -2.52. The van der Waals surface area contributed by atoms with Gasteiger partial charge in [0.15, 0.2) is 0 Å². The zero-order valence-corrected chi connectivity index (χ0v) is 22.7. The maximum Gasteiger partial charge on any atom is 0.335 e. The highest BCUT2D eigenvalue weighted by Crippen LogP contribution is 2.28. The zero-order valence-electron chi connectivity index (χ0n) is 22.7. The maximum atomic E-state index is 15.5. The van der Waals surface area contributed by atoms with Crippen LogP contribution in [0.4, 0.5) is 8.78 Å². The monoisotopic (exact) mass is 571 g/mol. The van der Waals surface area contributed by atoms with Crippen molar-refractivity contribution in [2.24, 2.45) is 0 Å². The van der Waals surface area contributed by atoms with Gasteiger partial charge in [-0.05, 0) is 54.4 Å². The van der Waals surface area contributed by atoms with E-state index < -0.39 is 17.4 Å². The van der Waals surface area contributed by atoms with E-state index in [9.17, 15) is 19.4 Å². The van der Waals surface area contributed by atoms with Crippen molar-refractivity contribution in [3.05, 3.63) is 113 Å². The number of carbonyl (C=O) groups is 1. The lowest BCUT2D eigenvalue weighted by atomic mass is 10.0. The molecule has 42 heavy (non-hydrogen) atoms. The minimum absolute atomic E-state index is 0.00603. The van der Waals surface area contributed by atoms with E-state index >= 15 is 4.39 Å². The smallest absolute Gasteiger partial charge is 0.335 e. The van der Waals surface area contributed by atoms with E-state index in [1.807, 2.05) is 13.0 Å². The molecule has 0 amide bonds. The topological polar surface area (TPSA) is 107 Å². The molecular weight excluding hydrogens is 544 g/mol. The molecule has 3 heterocycles. The molecule has 0 spiro atoms. The second kappa shape index (κ2) is 11.0. The number of fused-ring (bicyclic) bond motifs is 1. The summed E-state index contributed by atoms with van der Waals surface area (Å²) in [5.74, 6) is -1.14. The van der Waals surface area contributed by atoms with Gasteiger partial charge in [0.1, 0.15) is 29.7 Å². The molecule has 6 rings (SSSR count). The van der Waals surface area contributed by atoms with Gasteiger partial charge in [0.05, 0.1) is 42.0 Å². The molecule has 8 nitrogen and oxygen atoms in total. The molecule has 1 aliphatic heterocycles. The molecule has 3 aromatic carbocycles. The largest absolute Gasteiger partial charge is 0.478 e. The van der Waals surface area contributed by atoms with Crippen molar-refractivity contribution < 1.29 is 33.3 Å². The number of aliphatic hydroxyl groups is 1. The highest BCUT2D eigenvalue weighted by atomic mass is 19.1. The number of imidazole rings is 1. The average Bonchev–Trinajstić information content (AvgIpc) is 3.28. The summed E-state index contributed by atoms with van der Waals surface area (Å²) in [7, 11) is 0. The molecule has 0 aliphatic carbocycles. The first-order valence-corrected chi connectivity index (χ1v) is 13.3. The number of hydrogen-bond donors (Lipinski definition) is 2. The number of aromatic nitrogens is 3. The van der Waals surface area contributed by atoms with E-state index in [0.717, 1.165) is 5.56 Å². The summed E-state index contributed by atoms with van der Waals surface area (Å²) in [5, 5.41) is 20.2. The van der Waals surface area contributed by atoms with Crippen molar-refractivity contribution >= 4 is 17.0 Å². The highest BCUT2D eigenvalue weighted by molar-refractivity contribution is 5.92. The van der Waals surface area contributed by atoms with Gasteiger partial charge in [-0.1, -0.05) is 30.3 Å². The van der Waals surface area contributed by atoms with Crippen LogP contribution in [0.2, 0.25) is 0 Å². The van der Waals surface area contributed by atoms with Crippen LogP contribution in [0, 0.1) is 18.6 Å². The second-order valence-electron chi connectivity index (χ2n) is 10.6. The third-order valence-electron chi connectivity index (χ3n) is 7.27. The Labute approximate surface area is 239 Å². The van der Waals surface area contributed by atoms with E-state index in [1.165, 1.54) is 24.3 Å². The number of rotatable bonds is 9. The molecule has 0 bridgehead atoms. The molecule has 1 saturated heterocycles. The van der Waals surface area contributed by atoms with Crippen molar-refractivity contribution in [3.8, 4) is 17.1 Å². The van der Waals surface area contributed by atoms with Crippen LogP contribution in [0.25, 0.3) is 22.3 Å². The molecule has 2 N–H and O–H groups in total. The number of carboxylic acids is 1. The molecule has 0 radical (unpaired) electrons. The number of ether oxygens (including phenoxy) is 2. The first kappa shape index (κ1) is 27.5. The summed E-state index contributed by atoms with van der Waals surface area (Å²) < 4.78 is 42.3. The Kier molecular flexibility index (Phi) is 7.17. The number of halogens is 2. The molecule has 5 aromatic rings. The molecule has 0 unspecified atom stereocenters. The number of nitrogens with zero attached hydrogens (tertiary/aromatic N) is 3. The van der Waals surface area contributed by atoms with Crippen LogP contribution in [0.15, 0.2) is 72.8 Å². The van der Waals surface area contributed by atoms with Crippen molar-refractivity contribution in [1.29, 1.82) is 0 Å². The minimum Gasteiger partial charge on any atom is -0.478 e. The number of aromatic carboxylic acids is 1. The fraction of sp³-hybridized carbons (Fsp3) is 0.219. The van der Waals surface area contributed by atoms with Gasteiger partial charge in [-0.15, -0.1) is 0 Å². The fourth-order valence-corrected chi connectivity index (χ4v) is 4.94. The van der Waals surface area contributed by atoms with Gasteiger partial charge in [-0.3, -0.25) is 0 Å². The minimum atomic E-state index is -1.12. The van der Waals surface area contributed by atoms with Crippen LogP contribution < -0.4 is 4.74 Å². The van der Waals surface area contributed by atoms with Gasteiger partial charge in [-0.2, -0.15) is 0 Å². The Morgan fingerprint density at radius 3 is 2.50 bits per heavy atom. The maximum absolute atomic E-state index is 15.5. The van der Waals surface area contributed by atoms with Crippen LogP contribution in [-0.4, -0.2) is 49.5 Å². The lowest BCUT2D eigenvalue weighted by molar-refractivity contribution is -0.184. The van der Waals surface area contributed by atoms with Crippen LogP contribution >= 0.6 is 0 Å². The summed E-state index contributed by atoms with van der Waals surface area (Å²) in [6, 6.07) is 19.4. The standard InChI is InChI=1S/C32H27F2N3O5/c1-19-5-6-23(24(33)11-19)15-42-30-4-2-3-26(36-30)21-8-7-20(25(34)12-21)14-29-35-27-10-9-22(31(38)39)13-28(27)37(29)16-32(40)17-41-18-32/h2-13,40H,14-18H2,1H3,(H,38,39). The fourth-order valence-electron chi connectivity index (χ4n) is 4.94. The van der Waals surface area contributed by atoms with E-state index in [0.29, 0.717) is 39.2 Å². The molecule has 10 heteroatoms. The lowest BCUT2D eigenvalue weighted by Gasteiger charge is -2.37. The SMILES string of the molecule is Cc1ccc(COc2cccc(-c3ccc(Cc4nc5ccc(C(=O)O)cc5n4CC4(O)COC4)c(F)c3)n2)c(F)c1. The second-order valence-corrected chi connectivity index (χ2v) is 10.6. The van der Waals surface area contributed by atoms with Gasteiger partial charge in [0.25, 0.3) is 0 Å². The van der Waals surface area contributed by atoms with Gasteiger partial charge in [0, 0.05) is 23.6 Å².